The third kappa shape index (κ3) is 7.36. The van der Waals surface area contributed by atoms with Gasteiger partial charge in [0.2, 0.25) is 0 Å². The number of aliphatic carboxylic acids is 2. The first-order valence-corrected chi connectivity index (χ1v) is 14.6. The van der Waals surface area contributed by atoms with Crippen LogP contribution in [0.3, 0.4) is 0 Å². The Morgan fingerprint density at radius 1 is 1.26 bits per heavy atom. The molecule has 2 aliphatic rings. The number of β-lactam (4-membered cyclic amide) rings is 1. The van der Waals surface area contributed by atoms with Crippen molar-refractivity contribution in [3.8, 4) is 5.75 Å². The maximum atomic E-state index is 12.8. The molecule has 14 nitrogen and oxygen atoms in total. The summed E-state index contributed by atoms with van der Waals surface area (Å²) >= 11 is 2.32. The Bertz CT molecular complexity index is 1480. The average molecular weight is 652 g/mol. The minimum atomic E-state index is -5.08. The number of nitrogens with zero attached hydrogens (tertiary/aromatic N) is 3. The number of fused-ring (bicyclic) bond motifs is 1. The van der Waals surface area contributed by atoms with Gasteiger partial charge in [-0.2, -0.15) is 13.2 Å². The zero-order chi connectivity index (χ0) is 31.4. The molecule has 2 unspecified atom stereocenters. The molecule has 6 N–H and O–H groups in total. The molecule has 0 bridgehead atoms. The van der Waals surface area contributed by atoms with Crippen molar-refractivity contribution in [2.75, 3.05) is 24.3 Å². The second-order valence-corrected chi connectivity index (χ2v) is 11.5. The van der Waals surface area contributed by atoms with Crippen molar-refractivity contribution in [2.24, 2.45) is 5.16 Å². The number of nitrogen functional groups attached to an aromatic ring is 1. The molecule has 2 aliphatic heterocycles. The summed E-state index contributed by atoms with van der Waals surface area (Å²) in [5, 5.41) is 32.5. The molecule has 1 fully saturated rings. The van der Waals surface area contributed by atoms with Crippen LogP contribution >= 0.6 is 23.1 Å². The predicted octanol–water partition coefficient (Wildman–Crippen LogP) is 1.09. The van der Waals surface area contributed by atoms with Gasteiger partial charge in [0.1, 0.15) is 35.2 Å². The van der Waals surface area contributed by atoms with Crippen LogP contribution in [0.15, 0.2) is 51.0 Å². The minimum Gasteiger partial charge on any atom is -0.489 e. The van der Waals surface area contributed by atoms with Gasteiger partial charge in [0.05, 0.1) is 0 Å². The number of carboxylic acids is 2. The summed E-state index contributed by atoms with van der Waals surface area (Å²) in [5.41, 5.74) is 5.39. The number of hydrogen-bond acceptors (Lipinski definition) is 12. The maximum absolute atomic E-state index is 12.8. The largest absolute Gasteiger partial charge is 0.490 e. The predicted molar refractivity (Wildman–Crippen MR) is 142 cm³/mol. The summed E-state index contributed by atoms with van der Waals surface area (Å²) in [4.78, 5) is 51.9. The van der Waals surface area contributed by atoms with Crippen LogP contribution in [0.2, 0.25) is 0 Å². The lowest BCUT2D eigenvalue weighted by atomic mass is 10.0. The molecule has 0 spiro atoms. The van der Waals surface area contributed by atoms with Crippen LogP contribution in [0, 0.1) is 0 Å². The summed E-state index contributed by atoms with van der Waals surface area (Å²) < 4.78 is 48.9. The molecule has 4 rings (SSSR count). The molecule has 226 valence electrons. The van der Waals surface area contributed by atoms with Crippen LogP contribution < -0.4 is 15.8 Å². The van der Waals surface area contributed by atoms with E-state index in [1.807, 2.05) is 0 Å². The quantitative estimate of drug-likeness (QED) is 0.117. The molecule has 20 heteroatoms. The second-order valence-electron chi connectivity index (χ2n) is 8.15. The number of alkyl halides is 3. The van der Waals surface area contributed by atoms with E-state index in [4.69, 9.17) is 20.4 Å². The lowest BCUT2D eigenvalue weighted by Crippen LogP contribution is -2.71. The number of anilines is 1. The lowest BCUT2D eigenvalue weighted by Gasteiger charge is -2.49. The minimum absolute atomic E-state index is 0.0520. The maximum Gasteiger partial charge on any atom is 0.490 e. The van der Waals surface area contributed by atoms with E-state index in [2.05, 4.69) is 15.5 Å². The van der Waals surface area contributed by atoms with E-state index >= 15 is 0 Å². The number of nitrogens with one attached hydrogen (secondary N) is 1. The van der Waals surface area contributed by atoms with Gasteiger partial charge in [0, 0.05) is 38.7 Å². The first kappa shape index (κ1) is 32.3. The molecule has 0 radical (unpaired) electrons. The smallest absolute Gasteiger partial charge is 0.489 e. The molecule has 1 aromatic carbocycles. The van der Waals surface area contributed by atoms with Gasteiger partial charge in [-0.05, 0) is 24.3 Å². The van der Waals surface area contributed by atoms with E-state index in [9.17, 15) is 42.1 Å². The highest BCUT2D eigenvalue weighted by Crippen LogP contribution is 2.40. The summed E-state index contributed by atoms with van der Waals surface area (Å²) in [7, 11) is -1.13. The number of rotatable bonds is 8. The number of carbonyl (C=O) groups excluding carboxylic acids is 2. The monoisotopic (exact) mass is 651 g/mol. The molecule has 0 saturated carbocycles. The van der Waals surface area contributed by atoms with Crippen molar-refractivity contribution >= 4 is 68.5 Å². The van der Waals surface area contributed by atoms with Crippen LogP contribution in [0.1, 0.15) is 5.69 Å². The first-order chi connectivity index (χ1) is 19.6. The van der Waals surface area contributed by atoms with Crippen LogP contribution in [-0.2, 0) is 30.0 Å². The normalized spacial score (nSPS) is 19.1. The Balaban J connectivity index is 0.000000616. The summed E-state index contributed by atoms with van der Waals surface area (Å²) in [5.74, 6) is -4.80. The number of carbonyl (C=O) groups is 4. The van der Waals surface area contributed by atoms with Gasteiger partial charge < -0.3 is 31.2 Å². The van der Waals surface area contributed by atoms with Gasteiger partial charge in [0.15, 0.2) is 10.8 Å². The van der Waals surface area contributed by atoms with Gasteiger partial charge in [0.25, 0.3) is 11.8 Å². The summed E-state index contributed by atoms with van der Waals surface area (Å²) in [6.45, 7) is -0.0662. The van der Waals surface area contributed by atoms with Gasteiger partial charge in [-0.1, -0.05) is 5.16 Å². The van der Waals surface area contributed by atoms with E-state index in [-0.39, 0.29) is 28.9 Å². The molecule has 3 atom stereocenters. The van der Waals surface area contributed by atoms with Gasteiger partial charge in [-0.25, -0.2) is 14.6 Å². The fourth-order valence-electron chi connectivity index (χ4n) is 3.51. The van der Waals surface area contributed by atoms with Crippen molar-refractivity contribution in [2.45, 2.75) is 22.5 Å². The molecule has 2 amide bonds. The zero-order valence-corrected chi connectivity index (χ0v) is 23.5. The molecule has 1 saturated heterocycles. The van der Waals surface area contributed by atoms with E-state index in [0.717, 1.165) is 16.2 Å². The Morgan fingerprint density at radius 2 is 1.88 bits per heavy atom. The average Bonchev–Trinajstić information content (AvgIpc) is 3.35. The number of nitrogens with two attached hydrogens (primary N) is 1. The number of thioether (sulfide) groups is 1. The Labute approximate surface area is 244 Å². The first-order valence-electron chi connectivity index (χ1n) is 11.2. The lowest BCUT2D eigenvalue weighted by molar-refractivity contribution is -0.192. The zero-order valence-electron chi connectivity index (χ0n) is 21.0. The standard InChI is InChI=1S/C20H19N5O7S3.C2HF3O2/c1-35(31)11-4-2-10(3-5-11)32-6-9-7-33-18-14(17(27)25(18)15(9)19(28)29)23-16(26)13(24-30)12-8-34-20(21)22-12;3-2(4,5)1(6)7/h2-5,8,14,18,30H,6-7H2,1H3,(H2,21,22)(H,23,26)(H,28,29);(H,6,7)/b24-13-;/t14?,18-,35?;/m1./s1. The van der Waals surface area contributed by atoms with Crippen LogP contribution in [0.4, 0.5) is 18.3 Å². The number of ether oxygens (including phenoxy) is 1. The highest BCUT2D eigenvalue weighted by atomic mass is 32.2. The third-order valence-electron chi connectivity index (χ3n) is 5.43. The van der Waals surface area contributed by atoms with Crippen LogP contribution in [-0.4, -0.2) is 95.2 Å². The molecule has 0 aliphatic carbocycles. The van der Waals surface area contributed by atoms with Crippen molar-refractivity contribution in [1.29, 1.82) is 0 Å². The highest BCUT2D eigenvalue weighted by molar-refractivity contribution is 8.00. The fourth-order valence-corrected chi connectivity index (χ4v) is 5.91. The molecule has 2 aromatic rings. The third-order valence-corrected chi connectivity index (χ3v) is 8.38. The number of halogens is 3. The van der Waals surface area contributed by atoms with Crippen LogP contribution in [0.5, 0.6) is 5.75 Å². The number of thiazole rings is 1. The molecule has 42 heavy (non-hydrogen) atoms. The highest BCUT2D eigenvalue weighted by Gasteiger charge is 2.54. The van der Waals surface area contributed by atoms with Gasteiger partial charge in [-0.3, -0.25) is 18.7 Å². The van der Waals surface area contributed by atoms with Crippen LogP contribution in [0.25, 0.3) is 0 Å². The van der Waals surface area contributed by atoms with Crippen molar-refractivity contribution in [3.63, 3.8) is 0 Å². The number of amides is 2. The van der Waals surface area contributed by atoms with E-state index in [0.29, 0.717) is 16.2 Å². The van der Waals surface area contributed by atoms with Crippen molar-refractivity contribution in [1.82, 2.24) is 15.2 Å². The number of aromatic nitrogens is 1. The second kappa shape index (κ2) is 13.2. The molecule has 1 aromatic heterocycles. The fraction of sp³-hybridized carbons (Fsp3) is 0.273. The van der Waals surface area contributed by atoms with Crippen molar-refractivity contribution in [3.05, 3.63) is 46.6 Å². The Morgan fingerprint density at radius 3 is 2.36 bits per heavy atom. The van der Waals surface area contributed by atoms with Gasteiger partial charge >= 0.3 is 18.1 Å². The Kier molecular flexibility index (Phi) is 10.2. The number of benzene rings is 1. The van der Waals surface area contributed by atoms with Gasteiger partial charge in [-0.15, -0.1) is 23.1 Å². The topological polar surface area (TPSA) is 222 Å². The SMILES string of the molecule is CS(=O)c1ccc(OCC2=C(C(=O)O)N3C(=O)C(NC(=O)/C(=N\O)c4csc(N)n4)[C@H]3SC2)cc1.O=C(O)C(F)(F)F. The number of carboxylic acid groups (broad SMARTS) is 2. The number of oxime groups is 1. The molecule has 3 heterocycles. The van der Waals surface area contributed by atoms with E-state index < -0.39 is 57.9 Å². The Hall–Kier alpha value is -4.17. The number of hydrogen-bond donors (Lipinski definition) is 5. The summed E-state index contributed by atoms with van der Waals surface area (Å²) in [6.07, 6.45) is -3.53. The van der Waals surface area contributed by atoms with Crippen molar-refractivity contribution < 1.29 is 56.7 Å². The molecular formula is C22H20F3N5O9S3. The van der Waals surface area contributed by atoms with E-state index in [1.54, 1.807) is 30.5 Å². The van der Waals surface area contributed by atoms with E-state index in [1.165, 1.54) is 17.1 Å². The molecular weight excluding hydrogens is 631 g/mol. The summed E-state index contributed by atoms with van der Waals surface area (Å²) in [6, 6.07) is 5.55.